The van der Waals surface area contributed by atoms with E-state index in [1.807, 2.05) is 0 Å². The van der Waals surface area contributed by atoms with Crippen molar-refractivity contribution in [1.29, 1.82) is 0 Å². The van der Waals surface area contributed by atoms with E-state index in [4.69, 9.17) is 27.4 Å². The molecule has 0 saturated heterocycles. The van der Waals surface area contributed by atoms with Crippen LogP contribution in [-0.4, -0.2) is 46.5 Å². The maximum atomic E-state index is 10.5. The maximum absolute atomic E-state index is 10.5. The fourth-order valence-corrected chi connectivity index (χ4v) is 1.04. The Kier molecular flexibility index (Phi) is 11.7. The second kappa shape index (κ2) is 11.6. The molecule has 21 heavy (non-hydrogen) atoms. The Labute approximate surface area is 123 Å². The molecular weight excluding hydrogens is 280 g/mol. The van der Waals surface area contributed by atoms with E-state index in [9.17, 15) is 14.4 Å². The third-order valence-electron chi connectivity index (χ3n) is 2.56. The average molecular weight is 304 g/mol. The van der Waals surface area contributed by atoms with Crippen LogP contribution in [0.4, 0.5) is 0 Å². The van der Waals surface area contributed by atoms with E-state index >= 15 is 0 Å². The van der Waals surface area contributed by atoms with Gasteiger partial charge in [-0.15, -0.1) is 0 Å². The summed E-state index contributed by atoms with van der Waals surface area (Å²) in [6.45, 7) is 3.81. The van der Waals surface area contributed by atoms with Crippen LogP contribution in [0.15, 0.2) is 4.99 Å². The van der Waals surface area contributed by atoms with Crippen LogP contribution in [0.2, 0.25) is 0 Å². The van der Waals surface area contributed by atoms with Gasteiger partial charge in [-0.25, -0.2) is 4.79 Å². The van der Waals surface area contributed by atoms with Gasteiger partial charge < -0.3 is 27.4 Å². The van der Waals surface area contributed by atoms with Gasteiger partial charge in [-0.2, -0.15) is 0 Å². The number of aliphatic imine (C=N–C) groups is 1. The summed E-state index contributed by atoms with van der Waals surface area (Å²) in [5, 5.41) is 16.5. The van der Waals surface area contributed by atoms with Gasteiger partial charge in [-0.1, -0.05) is 13.8 Å². The monoisotopic (exact) mass is 304 g/mol. The van der Waals surface area contributed by atoms with Crippen molar-refractivity contribution in [2.45, 2.75) is 39.2 Å². The minimum absolute atomic E-state index is 0.0129. The van der Waals surface area contributed by atoms with Gasteiger partial charge in [-0.3, -0.25) is 14.6 Å². The van der Waals surface area contributed by atoms with Crippen molar-refractivity contribution in [3.05, 3.63) is 0 Å². The molecule has 8 N–H and O–H groups in total. The Hall–Kier alpha value is -2.16. The number of carboxylic acids is 2. The summed E-state index contributed by atoms with van der Waals surface area (Å²) in [7, 11) is 0. The summed E-state index contributed by atoms with van der Waals surface area (Å²) >= 11 is 0. The SMILES string of the molecule is CCC(C)C(=O)C(=O)O.NC(N)=NCCCC(N)C(=O)O. The van der Waals surface area contributed by atoms with Gasteiger partial charge >= 0.3 is 11.9 Å². The number of hydrogen-bond acceptors (Lipinski definition) is 5. The molecule has 9 heteroatoms. The summed E-state index contributed by atoms with van der Waals surface area (Å²) in [6, 6.07) is -0.820. The Bertz CT molecular complexity index is 380. The molecule has 0 aliphatic carbocycles. The lowest BCUT2D eigenvalue weighted by Crippen LogP contribution is -2.30. The molecule has 0 aromatic rings. The summed E-state index contributed by atoms with van der Waals surface area (Å²) < 4.78 is 0. The van der Waals surface area contributed by atoms with Crippen molar-refractivity contribution in [3.8, 4) is 0 Å². The molecule has 0 fully saturated rings. The number of aliphatic carboxylic acids is 2. The second-order valence-corrected chi connectivity index (χ2v) is 4.37. The largest absolute Gasteiger partial charge is 0.480 e. The lowest BCUT2D eigenvalue weighted by atomic mass is 10.0. The zero-order valence-electron chi connectivity index (χ0n) is 12.3. The molecule has 0 heterocycles. The van der Waals surface area contributed by atoms with Gasteiger partial charge in [0.1, 0.15) is 6.04 Å². The van der Waals surface area contributed by atoms with Gasteiger partial charge in [0, 0.05) is 12.5 Å². The molecule has 0 rings (SSSR count). The molecule has 0 aromatic carbocycles. The number of guanidine groups is 1. The highest BCUT2D eigenvalue weighted by Gasteiger charge is 2.17. The molecule has 0 spiro atoms. The number of carboxylic acid groups (broad SMARTS) is 2. The lowest BCUT2D eigenvalue weighted by Gasteiger charge is -2.03. The van der Waals surface area contributed by atoms with Gasteiger partial charge in [0.25, 0.3) is 0 Å². The van der Waals surface area contributed by atoms with Gasteiger partial charge in [-0.05, 0) is 19.3 Å². The molecule has 0 amide bonds. The third-order valence-corrected chi connectivity index (χ3v) is 2.56. The standard InChI is InChI=1S/C6H14N4O2.C6H10O3/c7-4(5(11)12)2-1-3-10-6(8)9;1-3-4(2)5(7)6(8)9/h4H,1-3,7H2,(H,11,12)(H4,8,9,10);4H,3H2,1-2H3,(H,8,9). The highest BCUT2D eigenvalue weighted by atomic mass is 16.4. The third kappa shape index (κ3) is 12.6. The summed E-state index contributed by atoms with van der Waals surface area (Å²) in [5.41, 5.74) is 15.3. The highest BCUT2D eigenvalue weighted by molar-refractivity contribution is 6.33. The number of carbonyl (C=O) groups is 3. The molecule has 0 aliphatic rings. The molecule has 2 atom stereocenters. The van der Waals surface area contributed by atoms with Crippen molar-refractivity contribution in [1.82, 2.24) is 0 Å². The Morgan fingerprint density at radius 3 is 2.00 bits per heavy atom. The number of rotatable bonds is 8. The van der Waals surface area contributed by atoms with Crippen LogP contribution in [0, 0.1) is 5.92 Å². The normalized spacial score (nSPS) is 12.3. The highest BCUT2D eigenvalue weighted by Crippen LogP contribution is 2.00. The van der Waals surface area contributed by atoms with Crippen LogP contribution in [0.5, 0.6) is 0 Å². The fraction of sp³-hybridized carbons (Fsp3) is 0.667. The van der Waals surface area contributed by atoms with E-state index in [1.165, 1.54) is 0 Å². The topological polar surface area (TPSA) is 182 Å². The van der Waals surface area contributed by atoms with Gasteiger partial charge in [0.15, 0.2) is 5.96 Å². The smallest absolute Gasteiger partial charge is 0.372 e. The molecule has 2 unspecified atom stereocenters. The molecule has 0 saturated carbocycles. The Morgan fingerprint density at radius 1 is 1.19 bits per heavy atom. The first kappa shape index (κ1) is 21.1. The number of Topliss-reactive ketones (excluding diaryl/α,β-unsaturated/α-hetero) is 1. The van der Waals surface area contributed by atoms with Crippen LogP contribution < -0.4 is 17.2 Å². The predicted octanol–water partition coefficient (Wildman–Crippen LogP) is -0.862. The lowest BCUT2D eigenvalue weighted by molar-refractivity contribution is -0.150. The first-order valence-electron chi connectivity index (χ1n) is 6.44. The van der Waals surface area contributed by atoms with E-state index < -0.39 is 23.8 Å². The van der Waals surface area contributed by atoms with Crippen LogP contribution in [-0.2, 0) is 14.4 Å². The molecule has 9 nitrogen and oxygen atoms in total. The number of nitrogens with zero attached hydrogens (tertiary/aromatic N) is 1. The minimum Gasteiger partial charge on any atom is -0.480 e. The van der Waals surface area contributed by atoms with Crippen LogP contribution in [0.3, 0.4) is 0 Å². The zero-order chi connectivity index (χ0) is 17.0. The molecule has 122 valence electrons. The average Bonchev–Trinajstić information content (AvgIpc) is 2.41. The van der Waals surface area contributed by atoms with Crippen LogP contribution in [0.1, 0.15) is 33.1 Å². The van der Waals surface area contributed by atoms with Crippen molar-refractivity contribution in [2.24, 2.45) is 28.1 Å². The molecular formula is C12H24N4O5. The summed E-state index contributed by atoms with van der Waals surface area (Å²) in [4.78, 5) is 34.3. The van der Waals surface area contributed by atoms with E-state index in [-0.39, 0.29) is 11.9 Å². The minimum atomic E-state index is -1.33. The second-order valence-electron chi connectivity index (χ2n) is 4.37. The number of hydrogen-bond donors (Lipinski definition) is 5. The zero-order valence-corrected chi connectivity index (χ0v) is 12.3. The van der Waals surface area contributed by atoms with E-state index in [0.717, 1.165) is 0 Å². The van der Waals surface area contributed by atoms with Gasteiger partial charge in [0.2, 0.25) is 5.78 Å². The van der Waals surface area contributed by atoms with E-state index in [0.29, 0.717) is 25.8 Å². The summed E-state index contributed by atoms with van der Waals surface area (Å²) in [6.07, 6.45) is 1.54. The van der Waals surface area contributed by atoms with E-state index in [2.05, 4.69) is 4.99 Å². The Morgan fingerprint density at radius 2 is 1.71 bits per heavy atom. The first-order chi connectivity index (χ1) is 9.63. The Balaban J connectivity index is 0. The van der Waals surface area contributed by atoms with Crippen molar-refractivity contribution < 1.29 is 24.6 Å². The van der Waals surface area contributed by atoms with E-state index in [1.54, 1.807) is 13.8 Å². The van der Waals surface area contributed by atoms with Crippen LogP contribution >= 0.6 is 0 Å². The van der Waals surface area contributed by atoms with Crippen LogP contribution in [0.25, 0.3) is 0 Å². The molecule has 0 bridgehead atoms. The molecule has 0 aromatic heterocycles. The number of carbonyl (C=O) groups excluding carboxylic acids is 1. The first-order valence-corrected chi connectivity index (χ1v) is 6.44. The van der Waals surface area contributed by atoms with Crippen molar-refractivity contribution >= 4 is 23.7 Å². The van der Waals surface area contributed by atoms with Crippen molar-refractivity contribution in [2.75, 3.05) is 6.54 Å². The van der Waals surface area contributed by atoms with Crippen molar-refractivity contribution in [3.63, 3.8) is 0 Å². The molecule has 0 aliphatic heterocycles. The number of ketones is 1. The molecule has 0 radical (unpaired) electrons. The van der Waals surface area contributed by atoms with Gasteiger partial charge in [0.05, 0.1) is 0 Å². The number of nitrogens with two attached hydrogens (primary N) is 3. The fourth-order valence-electron chi connectivity index (χ4n) is 1.04. The summed E-state index contributed by atoms with van der Waals surface area (Å²) in [5.74, 6) is -3.36. The maximum Gasteiger partial charge on any atom is 0.372 e. The predicted molar refractivity (Wildman–Crippen MR) is 77.6 cm³/mol. The quantitative estimate of drug-likeness (QED) is 0.166.